The number of hydrogen-bond acceptors (Lipinski definition) is 0. The molecule has 0 nitrogen and oxygen atoms in total. The standard InChI is InChI=1S/C13H7Br2.2ClH.Zr/c14-10-1-3-12-8(6-10)5-9-7-11(15)2-4-13(9)12;;;/h1-7H;2*1H;/q-1;;;+2/p-2. The van der Waals surface area contributed by atoms with E-state index in [4.69, 9.17) is 17.0 Å². The second-order valence-electron chi connectivity index (χ2n) is 3.68. The van der Waals surface area contributed by atoms with Crippen LogP contribution in [-0.2, 0) is 20.8 Å². The summed E-state index contributed by atoms with van der Waals surface area (Å²) in [6, 6.07) is 15.0. The Morgan fingerprint density at radius 2 is 1.22 bits per heavy atom. The second-order valence-corrected chi connectivity index (χ2v) is 9.24. The van der Waals surface area contributed by atoms with Crippen LogP contribution in [0.3, 0.4) is 0 Å². The normalized spacial score (nSPS) is 10.2. The summed E-state index contributed by atoms with van der Waals surface area (Å²) in [5.74, 6) is 0. The molecule has 0 unspecified atom stereocenters. The number of hydrogen-bond donors (Lipinski definition) is 0. The van der Waals surface area contributed by atoms with Gasteiger partial charge in [0.05, 0.1) is 0 Å². The van der Waals surface area contributed by atoms with Crippen LogP contribution in [-0.4, -0.2) is 0 Å². The molecule has 0 fully saturated rings. The van der Waals surface area contributed by atoms with E-state index in [1.807, 2.05) is 0 Å². The van der Waals surface area contributed by atoms with Crippen LogP contribution in [0.1, 0.15) is 0 Å². The Balaban J connectivity index is 0.000000367. The topological polar surface area (TPSA) is 0 Å². The molecule has 5 heteroatoms. The van der Waals surface area contributed by atoms with Crippen molar-refractivity contribution in [2.75, 3.05) is 0 Å². The molecule has 0 saturated carbocycles. The van der Waals surface area contributed by atoms with Crippen molar-refractivity contribution >= 4 is 70.4 Å². The van der Waals surface area contributed by atoms with Crippen molar-refractivity contribution in [1.29, 1.82) is 0 Å². The Morgan fingerprint density at radius 3 is 1.61 bits per heavy atom. The van der Waals surface area contributed by atoms with E-state index in [9.17, 15) is 0 Å². The molecule has 0 atom stereocenters. The molecule has 0 N–H and O–H groups in total. The molecular formula is C13H7Br2Cl2Zr-. The fraction of sp³-hybridized carbons (Fsp3) is 0. The van der Waals surface area contributed by atoms with Crippen molar-refractivity contribution in [3.05, 3.63) is 51.4 Å². The maximum absolute atomic E-state index is 4.93. The summed E-state index contributed by atoms with van der Waals surface area (Å²) in [5, 5.41) is 5.22. The Labute approximate surface area is 141 Å². The predicted octanol–water partition coefficient (Wildman–Crippen LogP) is 6.61. The molecule has 92 valence electrons. The van der Waals surface area contributed by atoms with Crippen LogP contribution >= 0.6 is 48.9 Å². The van der Waals surface area contributed by atoms with Gasteiger partial charge in [0, 0.05) is 0 Å². The fourth-order valence-electron chi connectivity index (χ4n) is 1.96. The van der Waals surface area contributed by atoms with Crippen LogP contribution in [0.2, 0.25) is 0 Å². The van der Waals surface area contributed by atoms with Gasteiger partial charge in [0.25, 0.3) is 0 Å². The number of fused-ring (bicyclic) bond motifs is 3. The molecule has 0 radical (unpaired) electrons. The van der Waals surface area contributed by atoms with Crippen molar-refractivity contribution in [1.82, 2.24) is 0 Å². The molecule has 0 saturated heterocycles. The van der Waals surface area contributed by atoms with E-state index < -0.39 is 20.8 Å². The molecule has 0 aliphatic rings. The molecular weight excluding hydrogens is 478 g/mol. The van der Waals surface area contributed by atoms with E-state index >= 15 is 0 Å². The molecule has 3 aromatic carbocycles. The van der Waals surface area contributed by atoms with E-state index in [-0.39, 0.29) is 0 Å². The summed E-state index contributed by atoms with van der Waals surface area (Å²) >= 11 is 6.16. The zero-order chi connectivity index (χ0) is 13.1. The summed E-state index contributed by atoms with van der Waals surface area (Å²) in [6.07, 6.45) is 0. The van der Waals surface area contributed by atoms with Crippen LogP contribution in [0.4, 0.5) is 0 Å². The van der Waals surface area contributed by atoms with Gasteiger partial charge in [0.2, 0.25) is 0 Å². The molecule has 0 amide bonds. The van der Waals surface area contributed by atoms with E-state index in [1.54, 1.807) is 0 Å². The molecule has 0 spiro atoms. The van der Waals surface area contributed by atoms with Crippen molar-refractivity contribution in [3.63, 3.8) is 0 Å². The Morgan fingerprint density at radius 1 is 0.833 bits per heavy atom. The molecule has 0 aromatic heterocycles. The van der Waals surface area contributed by atoms with Crippen molar-refractivity contribution in [2.24, 2.45) is 0 Å². The fourth-order valence-corrected chi connectivity index (χ4v) is 2.72. The molecule has 0 bridgehead atoms. The van der Waals surface area contributed by atoms with E-state index in [2.05, 4.69) is 74.3 Å². The van der Waals surface area contributed by atoms with Crippen LogP contribution in [0.5, 0.6) is 0 Å². The van der Waals surface area contributed by atoms with Crippen molar-refractivity contribution in [2.45, 2.75) is 0 Å². The van der Waals surface area contributed by atoms with Crippen LogP contribution in [0.15, 0.2) is 51.4 Å². The Kier molecular flexibility index (Phi) is 5.84. The third-order valence-corrected chi connectivity index (χ3v) is 3.61. The molecule has 0 aliphatic heterocycles. The number of halogens is 4. The van der Waals surface area contributed by atoms with Gasteiger partial charge in [0.15, 0.2) is 0 Å². The zero-order valence-corrected chi connectivity index (χ0v) is 16.2. The minimum atomic E-state index is -0.826. The molecule has 3 aromatic rings. The van der Waals surface area contributed by atoms with Gasteiger partial charge in [-0.05, 0) is 8.95 Å². The van der Waals surface area contributed by atoms with Crippen LogP contribution < -0.4 is 0 Å². The summed E-state index contributed by atoms with van der Waals surface area (Å²) in [5.41, 5.74) is 0. The first-order valence-electron chi connectivity index (χ1n) is 5.06. The third kappa shape index (κ3) is 3.43. The maximum atomic E-state index is 4.93. The van der Waals surface area contributed by atoms with Gasteiger partial charge in [0.1, 0.15) is 0 Å². The van der Waals surface area contributed by atoms with Gasteiger partial charge in [-0.25, -0.2) is 0 Å². The van der Waals surface area contributed by atoms with Gasteiger partial charge in [-0.1, -0.05) is 56.1 Å². The van der Waals surface area contributed by atoms with Gasteiger partial charge < -0.3 is 0 Å². The average Bonchev–Trinajstić information content (AvgIpc) is 2.65. The van der Waals surface area contributed by atoms with E-state index in [0.717, 1.165) is 8.95 Å². The monoisotopic (exact) mass is 481 g/mol. The molecule has 0 aliphatic carbocycles. The van der Waals surface area contributed by atoms with Crippen molar-refractivity contribution < 1.29 is 20.8 Å². The quantitative estimate of drug-likeness (QED) is 0.315. The number of rotatable bonds is 0. The van der Waals surface area contributed by atoms with Crippen LogP contribution in [0, 0.1) is 0 Å². The van der Waals surface area contributed by atoms with Crippen LogP contribution in [0.25, 0.3) is 21.5 Å². The first-order chi connectivity index (χ1) is 8.65. The summed E-state index contributed by atoms with van der Waals surface area (Å²) < 4.78 is 2.26. The Bertz CT molecular complexity index is 623. The van der Waals surface area contributed by atoms with E-state index in [1.165, 1.54) is 21.5 Å². The van der Waals surface area contributed by atoms with Gasteiger partial charge >= 0.3 is 37.9 Å². The first kappa shape index (κ1) is 15.1. The van der Waals surface area contributed by atoms with Gasteiger partial charge in [-0.15, -0.1) is 39.7 Å². The summed E-state index contributed by atoms with van der Waals surface area (Å²) in [4.78, 5) is 0. The third-order valence-electron chi connectivity index (χ3n) is 2.63. The molecule has 3 rings (SSSR count). The number of benzene rings is 2. The predicted molar refractivity (Wildman–Crippen MR) is 84.2 cm³/mol. The first-order valence-corrected chi connectivity index (χ1v) is 13.0. The van der Waals surface area contributed by atoms with Gasteiger partial charge in [-0.2, -0.15) is 0 Å². The minimum absolute atomic E-state index is 0.826. The van der Waals surface area contributed by atoms with Gasteiger partial charge in [-0.3, -0.25) is 0 Å². The van der Waals surface area contributed by atoms with E-state index in [0.29, 0.717) is 0 Å². The Hall–Kier alpha value is 0.733. The molecule has 18 heavy (non-hydrogen) atoms. The second kappa shape index (κ2) is 6.95. The zero-order valence-electron chi connectivity index (χ0n) is 9.05. The molecule has 0 heterocycles. The SMILES string of the molecule is Brc1ccc2c(c1)[cH-]c1cc(Br)ccc12.[Cl][Zr][Cl]. The summed E-state index contributed by atoms with van der Waals surface area (Å²) in [7, 11) is 9.87. The summed E-state index contributed by atoms with van der Waals surface area (Å²) in [6.45, 7) is 0. The average molecular weight is 485 g/mol. The van der Waals surface area contributed by atoms with Crippen molar-refractivity contribution in [3.8, 4) is 0 Å².